The van der Waals surface area contributed by atoms with E-state index in [2.05, 4.69) is 16.0 Å². The van der Waals surface area contributed by atoms with Gasteiger partial charge in [0.05, 0.1) is 22.4 Å². The Morgan fingerprint density at radius 2 is 2.05 bits per heavy atom. The van der Waals surface area contributed by atoms with Crippen LogP contribution >= 0.6 is 35.0 Å². The van der Waals surface area contributed by atoms with Gasteiger partial charge in [0.25, 0.3) is 0 Å². The molecule has 5 heteroatoms. The van der Waals surface area contributed by atoms with Crippen molar-refractivity contribution in [2.75, 3.05) is 0 Å². The van der Waals surface area contributed by atoms with E-state index in [-0.39, 0.29) is 0 Å². The summed E-state index contributed by atoms with van der Waals surface area (Å²) in [6.07, 6.45) is 1.67. The van der Waals surface area contributed by atoms with Gasteiger partial charge < -0.3 is 4.98 Å². The van der Waals surface area contributed by atoms with Gasteiger partial charge in [-0.1, -0.05) is 35.3 Å². The molecule has 2 nitrogen and oxygen atoms in total. The molecule has 0 saturated carbocycles. The summed E-state index contributed by atoms with van der Waals surface area (Å²) >= 11 is 13.9. The number of imidazole rings is 1. The summed E-state index contributed by atoms with van der Waals surface area (Å²) in [5.74, 6) is 0.830. The number of aromatic amines is 1. The van der Waals surface area contributed by atoms with Crippen LogP contribution in [0.1, 0.15) is 5.56 Å². The highest BCUT2D eigenvalue weighted by Gasteiger charge is 2.06. The second-order valence-electron chi connectivity index (χ2n) is 4.12. The molecule has 96 valence electrons. The highest BCUT2D eigenvalue weighted by molar-refractivity contribution is 7.98. The first-order chi connectivity index (χ1) is 9.22. The molecule has 0 atom stereocenters. The van der Waals surface area contributed by atoms with Gasteiger partial charge in [-0.05, 0) is 29.8 Å². The maximum atomic E-state index is 6.26. The standard InChI is InChI=1S/C14H10Cl2N2S/c15-10-3-1-2-9(4-10)7-19-14-6-13-12(5-11(14)16)17-8-18-13/h1-6,8H,7H2,(H,17,18). The van der Waals surface area contributed by atoms with E-state index in [0.717, 1.165) is 31.7 Å². The van der Waals surface area contributed by atoms with Gasteiger partial charge in [0.15, 0.2) is 0 Å². The summed E-state index contributed by atoms with van der Waals surface area (Å²) in [6.45, 7) is 0. The lowest BCUT2D eigenvalue weighted by Crippen LogP contribution is -1.82. The summed E-state index contributed by atoms with van der Waals surface area (Å²) in [4.78, 5) is 8.32. The van der Waals surface area contributed by atoms with Crippen LogP contribution in [0.25, 0.3) is 11.0 Å². The smallest absolute Gasteiger partial charge is 0.0931 e. The van der Waals surface area contributed by atoms with E-state index in [1.54, 1.807) is 18.1 Å². The van der Waals surface area contributed by atoms with Crippen molar-refractivity contribution in [3.8, 4) is 0 Å². The summed E-state index contributed by atoms with van der Waals surface area (Å²) in [5, 5.41) is 1.50. The molecule has 3 aromatic rings. The van der Waals surface area contributed by atoms with Gasteiger partial charge in [-0.15, -0.1) is 11.8 Å². The Morgan fingerprint density at radius 3 is 2.89 bits per heavy atom. The maximum absolute atomic E-state index is 6.26. The maximum Gasteiger partial charge on any atom is 0.0931 e. The average Bonchev–Trinajstić information content (AvgIpc) is 2.83. The van der Waals surface area contributed by atoms with E-state index in [1.165, 1.54) is 5.56 Å². The zero-order valence-electron chi connectivity index (χ0n) is 9.86. The van der Waals surface area contributed by atoms with Crippen LogP contribution < -0.4 is 0 Å². The number of halogens is 2. The fourth-order valence-electron chi connectivity index (χ4n) is 1.83. The average molecular weight is 309 g/mol. The Bertz CT molecular complexity index is 724. The topological polar surface area (TPSA) is 28.7 Å². The number of rotatable bonds is 3. The molecule has 0 spiro atoms. The summed E-state index contributed by atoms with van der Waals surface area (Å²) < 4.78 is 0. The molecule has 1 aromatic heterocycles. The number of hydrogen-bond acceptors (Lipinski definition) is 2. The first-order valence-electron chi connectivity index (χ1n) is 5.72. The van der Waals surface area contributed by atoms with Crippen molar-refractivity contribution in [3.05, 3.63) is 58.3 Å². The number of nitrogens with zero attached hydrogens (tertiary/aromatic N) is 1. The molecular formula is C14H10Cl2N2S. The molecule has 2 aromatic carbocycles. The van der Waals surface area contributed by atoms with E-state index in [4.69, 9.17) is 23.2 Å². The van der Waals surface area contributed by atoms with E-state index in [1.807, 2.05) is 30.3 Å². The van der Waals surface area contributed by atoms with Crippen molar-refractivity contribution in [1.82, 2.24) is 9.97 Å². The van der Waals surface area contributed by atoms with E-state index in [9.17, 15) is 0 Å². The van der Waals surface area contributed by atoms with Crippen molar-refractivity contribution in [3.63, 3.8) is 0 Å². The van der Waals surface area contributed by atoms with Gasteiger partial charge >= 0.3 is 0 Å². The fourth-order valence-corrected chi connectivity index (χ4v) is 3.27. The molecular weight excluding hydrogens is 299 g/mol. The summed E-state index contributed by atoms with van der Waals surface area (Å²) in [5.41, 5.74) is 3.06. The van der Waals surface area contributed by atoms with E-state index >= 15 is 0 Å². The monoisotopic (exact) mass is 308 g/mol. The molecule has 0 amide bonds. The third kappa shape index (κ3) is 2.89. The van der Waals surface area contributed by atoms with Crippen LogP contribution in [0.2, 0.25) is 10.0 Å². The van der Waals surface area contributed by atoms with Crippen LogP contribution in [-0.2, 0) is 5.75 Å². The lowest BCUT2D eigenvalue weighted by Gasteiger charge is -2.05. The second-order valence-corrected chi connectivity index (χ2v) is 5.98. The molecule has 0 saturated heterocycles. The fraction of sp³-hybridized carbons (Fsp3) is 0.0714. The lowest BCUT2D eigenvalue weighted by atomic mass is 10.2. The SMILES string of the molecule is Clc1cccc(CSc2cc3nc[nH]c3cc2Cl)c1. The quantitative estimate of drug-likeness (QED) is 0.677. The highest BCUT2D eigenvalue weighted by atomic mass is 35.5. The van der Waals surface area contributed by atoms with Gasteiger partial charge in [0.2, 0.25) is 0 Å². The third-order valence-corrected chi connectivity index (χ3v) is 4.54. The molecule has 1 N–H and O–H groups in total. The summed E-state index contributed by atoms with van der Waals surface area (Å²) in [6, 6.07) is 11.8. The molecule has 3 rings (SSSR count). The van der Waals surface area contributed by atoms with Crippen molar-refractivity contribution in [2.45, 2.75) is 10.6 Å². The third-order valence-electron chi connectivity index (χ3n) is 2.76. The molecule has 0 aliphatic carbocycles. The molecule has 0 fully saturated rings. The van der Waals surface area contributed by atoms with E-state index < -0.39 is 0 Å². The van der Waals surface area contributed by atoms with Crippen LogP contribution in [0.3, 0.4) is 0 Å². The van der Waals surface area contributed by atoms with Gasteiger partial charge in [-0.2, -0.15) is 0 Å². The molecule has 0 unspecified atom stereocenters. The molecule has 0 bridgehead atoms. The number of benzene rings is 2. The predicted octanol–water partition coefficient (Wildman–Crippen LogP) is 5.16. The van der Waals surface area contributed by atoms with Gasteiger partial charge in [-0.25, -0.2) is 4.98 Å². The van der Waals surface area contributed by atoms with Crippen molar-refractivity contribution < 1.29 is 0 Å². The zero-order chi connectivity index (χ0) is 13.2. The van der Waals surface area contributed by atoms with Crippen LogP contribution in [-0.4, -0.2) is 9.97 Å². The van der Waals surface area contributed by atoms with Gasteiger partial charge in [0, 0.05) is 15.7 Å². The minimum absolute atomic E-state index is 0.740. The van der Waals surface area contributed by atoms with Gasteiger partial charge in [-0.3, -0.25) is 0 Å². The normalized spacial score (nSPS) is 11.1. The molecule has 0 aliphatic heterocycles. The second kappa shape index (κ2) is 5.45. The van der Waals surface area contributed by atoms with Crippen LogP contribution in [0, 0.1) is 0 Å². The number of hydrogen-bond donors (Lipinski definition) is 1. The van der Waals surface area contributed by atoms with Crippen molar-refractivity contribution >= 4 is 46.0 Å². The number of nitrogens with one attached hydrogen (secondary N) is 1. The predicted molar refractivity (Wildman–Crippen MR) is 82.1 cm³/mol. The zero-order valence-corrected chi connectivity index (χ0v) is 12.2. The largest absolute Gasteiger partial charge is 0.345 e. The molecule has 1 heterocycles. The molecule has 0 aliphatic rings. The molecule has 0 radical (unpaired) electrons. The van der Waals surface area contributed by atoms with Crippen LogP contribution in [0.5, 0.6) is 0 Å². The Kier molecular flexibility index (Phi) is 3.69. The first-order valence-corrected chi connectivity index (χ1v) is 7.46. The van der Waals surface area contributed by atoms with Crippen LogP contribution in [0.15, 0.2) is 47.6 Å². The van der Waals surface area contributed by atoms with E-state index in [0.29, 0.717) is 0 Å². The first kappa shape index (κ1) is 12.9. The minimum atomic E-state index is 0.740. The molecule has 19 heavy (non-hydrogen) atoms. The highest BCUT2D eigenvalue weighted by Crippen LogP contribution is 2.32. The van der Waals surface area contributed by atoms with Crippen molar-refractivity contribution in [2.24, 2.45) is 0 Å². The Morgan fingerprint density at radius 1 is 1.16 bits per heavy atom. The van der Waals surface area contributed by atoms with Crippen molar-refractivity contribution in [1.29, 1.82) is 0 Å². The Labute approximate surface area is 125 Å². The van der Waals surface area contributed by atoms with Crippen LogP contribution in [0.4, 0.5) is 0 Å². The minimum Gasteiger partial charge on any atom is -0.345 e. The number of thioether (sulfide) groups is 1. The number of H-pyrrole nitrogens is 1. The number of aromatic nitrogens is 2. The lowest BCUT2D eigenvalue weighted by molar-refractivity contribution is 1.34. The van der Waals surface area contributed by atoms with Gasteiger partial charge in [0.1, 0.15) is 0 Å². The summed E-state index contributed by atoms with van der Waals surface area (Å²) in [7, 11) is 0. The Balaban J connectivity index is 1.83. The Hall–Kier alpha value is -1.16. The number of fused-ring (bicyclic) bond motifs is 1.